The van der Waals surface area contributed by atoms with Gasteiger partial charge < -0.3 is 49.2 Å². The number of carbonyl (C=O) groups excluding carboxylic acids is 4. The number of hydrogen-bond donors (Lipinski definition) is 4. The fourth-order valence-corrected chi connectivity index (χ4v) is 10.1. The third-order valence-electron chi connectivity index (χ3n) is 13.9. The van der Waals surface area contributed by atoms with Crippen molar-refractivity contribution in [2.75, 3.05) is 33.9 Å². The van der Waals surface area contributed by atoms with Crippen LogP contribution in [0.5, 0.6) is 5.75 Å². The van der Waals surface area contributed by atoms with Crippen LogP contribution >= 0.6 is 0 Å². The van der Waals surface area contributed by atoms with Crippen LogP contribution in [0.25, 0.3) is 44.7 Å². The van der Waals surface area contributed by atoms with Crippen molar-refractivity contribution in [1.82, 2.24) is 44.9 Å². The van der Waals surface area contributed by atoms with Gasteiger partial charge in [0.25, 0.3) is 0 Å². The number of rotatable bonds is 10. The summed E-state index contributed by atoms with van der Waals surface area (Å²) in [5.74, 6) is 1.01. The minimum atomic E-state index is -1.24. The Hall–Kier alpha value is -6.39. The molecule has 1 saturated carbocycles. The summed E-state index contributed by atoms with van der Waals surface area (Å²) in [4.78, 5) is 71.3. The third kappa shape index (κ3) is 8.29. The molecule has 4 N–H and O–H groups in total. The maximum Gasteiger partial charge on any atom is 0.407 e. The van der Waals surface area contributed by atoms with Crippen LogP contribution < -0.4 is 15.4 Å². The van der Waals surface area contributed by atoms with Gasteiger partial charge in [0.15, 0.2) is 0 Å². The molecule has 1 spiro atoms. The molecule has 6 heterocycles. The number of nitrogens with one attached hydrogen (secondary N) is 4. The molecule has 5 aromatic rings. The van der Waals surface area contributed by atoms with Crippen LogP contribution in [0.15, 0.2) is 54.9 Å². The van der Waals surface area contributed by atoms with Gasteiger partial charge >= 0.3 is 12.2 Å². The molecule has 2 saturated heterocycles. The molecule has 3 aliphatic heterocycles. The fraction of sp³-hybridized carbons (Fsp3) is 0.500. The number of aromatic nitrogens is 5. The molecule has 5 atom stereocenters. The van der Waals surface area contributed by atoms with E-state index in [9.17, 15) is 19.2 Å². The molecule has 344 valence electrons. The lowest BCUT2D eigenvalue weighted by atomic mass is 9.69. The van der Waals surface area contributed by atoms with E-state index in [1.165, 1.54) is 19.1 Å². The molecule has 9 rings (SSSR count). The average Bonchev–Trinajstić information content (AvgIpc) is 4.14. The summed E-state index contributed by atoms with van der Waals surface area (Å²) in [6.45, 7) is 9.33. The number of nitrogens with zero attached hydrogens (tertiary/aromatic N) is 5. The Balaban J connectivity index is 0.991. The Bertz CT molecular complexity index is 2610. The van der Waals surface area contributed by atoms with Gasteiger partial charge in [-0.15, -0.1) is 0 Å². The van der Waals surface area contributed by atoms with E-state index in [1.807, 2.05) is 50.9 Å². The second-order valence-electron chi connectivity index (χ2n) is 18.9. The van der Waals surface area contributed by atoms with Crippen molar-refractivity contribution in [2.45, 2.75) is 103 Å². The van der Waals surface area contributed by atoms with Gasteiger partial charge in [0.05, 0.1) is 68.9 Å². The molecule has 0 radical (unpaired) electrons. The first-order valence-corrected chi connectivity index (χ1v) is 22.7. The second kappa shape index (κ2) is 17.5. The molecule has 2 unspecified atom stereocenters. The number of likely N-dealkylation sites (tertiary alicyclic amines) is 2. The van der Waals surface area contributed by atoms with Gasteiger partial charge in [-0.05, 0) is 67.9 Å². The van der Waals surface area contributed by atoms with Gasteiger partial charge in [-0.3, -0.25) is 9.59 Å². The third-order valence-corrected chi connectivity index (χ3v) is 13.9. The summed E-state index contributed by atoms with van der Waals surface area (Å²) >= 11 is 0. The maximum atomic E-state index is 15.0. The normalized spacial score (nSPS) is 21.0. The van der Waals surface area contributed by atoms with E-state index in [2.05, 4.69) is 60.5 Å². The zero-order valence-electron chi connectivity index (χ0n) is 37.8. The van der Waals surface area contributed by atoms with E-state index in [1.54, 1.807) is 6.20 Å². The van der Waals surface area contributed by atoms with Gasteiger partial charge in [-0.1, -0.05) is 46.2 Å². The standard InChI is InChI=1S/C48H58FN9O7/c1-26(2)40(54-46(61)63-5)44(59)56-16-7-9-36(56)42-50-21-33(52-42)28-11-13-35-30(17-28)18-37-32-12-10-29(19-39(32)65-25-48(14-8-15-48)24-58(35)37)34-22-51-43(53-34)38-20-31(49)23-57(38)45(60)41(27(3)4)55-47(62)64-6/h10-13,17-19,21-22,26-27,31,36,38,40-41H,7-9,14-16,20,23-25H2,1-6H3,(H,50,52)(H,51,53)(H,54,61)(H,55,62)/t31-,36+,38?,40-,41?/m0/s1. The summed E-state index contributed by atoms with van der Waals surface area (Å²) in [7, 11) is 2.53. The topological polar surface area (TPSA) is 189 Å². The highest BCUT2D eigenvalue weighted by Crippen LogP contribution is 2.48. The monoisotopic (exact) mass is 891 g/mol. The zero-order chi connectivity index (χ0) is 45.7. The smallest absolute Gasteiger partial charge is 0.407 e. The van der Waals surface area contributed by atoms with Gasteiger partial charge in [0.1, 0.15) is 35.7 Å². The number of fused-ring (bicyclic) bond motifs is 5. The Labute approximate surface area is 377 Å². The fourth-order valence-electron chi connectivity index (χ4n) is 10.1. The SMILES string of the molecule is COC(=O)NC(C(=O)N1C[C@@H](F)CC1c1ncc(-c2ccc3c(c2)OCC2(CCC2)Cn2c-3cc3cc(-c4cnc([C@H]5CCCN5C(=O)[C@@H](NC(=O)OC)C(C)C)[nH]4)ccc32)[nH]1)C(C)C. The predicted molar refractivity (Wildman–Crippen MR) is 240 cm³/mol. The first-order chi connectivity index (χ1) is 31.3. The number of amides is 4. The van der Waals surface area contributed by atoms with Crippen molar-refractivity contribution in [1.29, 1.82) is 0 Å². The van der Waals surface area contributed by atoms with Crippen LogP contribution in [-0.4, -0.2) is 110 Å². The minimum Gasteiger partial charge on any atom is -0.492 e. The van der Waals surface area contributed by atoms with Crippen LogP contribution in [0.3, 0.4) is 0 Å². The van der Waals surface area contributed by atoms with Gasteiger partial charge in [-0.2, -0.15) is 0 Å². The van der Waals surface area contributed by atoms with Gasteiger partial charge in [0.2, 0.25) is 11.8 Å². The Morgan fingerprint density at radius 2 is 1.43 bits per heavy atom. The van der Waals surface area contributed by atoms with E-state index < -0.39 is 36.5 Å². The lowest BCUT2D eigenvalue weighted by Crippen LogP contribution is -2.51. The number of hydrogen-bond acceptors (Lipinski definition) is 9. The van der Waals surface area contributed by atoms with E-state index in [0.29, 0.717) is 30.5 Å². The largest absolute Gasteiger partial charge is 0.492 e. The van der Waals surface area contributed by atoms with Crippen LogP contribution in [-0.2, 0) is 25.6 Å². The lowest BCUT2D eigenvalue weighted by molar-refractivity contribution is -0.136. The molecular weight excluding hydrogens is 834 g/mol. The molecule has 4 aliphatic rings. The summed E-state index contributed by atoms with van der Waals surface area (Å²) in [5.41, 5.74) is 6.50. The highest BCUT2D eigenvalue weighted by molar-refractivity contribution is 5.92. The average molecular weight is 892 g/mol. The van der Waals surface area contributed by atoms with Crippen LogP contribution in [0, 0.1) is 17.3 Å². The number of aromatic amines is 2. The van der Waals surface area contributed by atoms with Gasteiger partial charge in [-0.25, -0.2) is 23.9 Å². The van der Waals surface area contributed by atoms with E-state index >= 15 is 4.39 Å². The van der Waals surface area contributed by atoms with E-state index in [4.69, 9.17) is 19.2 Å². The highest BCUT2D eigenvalue weighted by Gasteiger charge is 2.43. The maximum absolute atomic E-state index is 15.0. The molecule has 0 bridgehead atoms. The van der Waals surface area contributed by atoms with Crippen molar-refractivity contribution in [2.24, 2.45) is 17.3 Å². The van der Waals surface area contributed by atoms with Crippen molar-refractivity contribution in [3.63, 3.8) is 0 Å². The lowest BCUT2D eigenvalue weighted by Gasteiger charge is -2.43. The summed E-state index contributed by atoms with van der Waals surface area (Å²) in [6.07, 6.45) is 5.89. The molecule has 4 amide bonds. The van der Waals surface area contributed by atoms with Crippen molar-refractivity contribution in [3.8, 4) is 39.5 Å². The van der Waals surface area contributed by atoms with Crippen molar-refractivity contribution in [3.05, 3.63) is 66.5 Å². The zero-order valence-corrected chi connectivity index (χ0v) is 37.8. The van der Waals surface area contributed by atoms with E-state index in [0.717, 1.165) is 83.4 Å². The van der Waals surface area contributed by atoms with Crippen LogP contribution in [0.2, 0.25) is 0 Å². The van der Waals surface area contributed by atoms with Crippen molar-refractivity contribution < 1.29 is 37.8 Å². The number of ether oxygens (including phenoxy) is 3. The molecule has 2 aromatic carbocycles. The minimum absolute atomic E-state index is 0.00398. The summed E-state index contributed by atoms with van der Waals surface area (Å²) < 4.78 is 33.7. The van der Waals surface area contributed by atoms with Crippen molar-refractivity contribution >= 4 is 34.9 Å². The number of carbonyl (C=O) groups is 4. The molecule has 3 fully saturated rings. The number of methoxy groups -OCH3 is 2. The van der Waals surface area contributed by atoms with Crippen LogP contribution in [0.4, 0.5) is 14.0 Å². The van der Waals surface area contributed by atoms with Gasteiger partial charge in [0, 0.05) is 52.5 Å². The number of H-pyrrole nitrogens is 2. The number of imidazole rings is 2. The number of alkyl halides is 1. The quantitative estimate of drug-likeness (QED) is 0.109. The summed E-state index contributed by atoms with van der Waals surface area (Å²) in [6, 6.07) is 12.3. The molecular formula is C48H58FN9O7. The number of alkyl carbamates (subject to hydrolysis) is 2. The van der Waals surface area contributed by atoms with E-state index in [-0.39, 0.29) is 48.1 Å². The molecule has 17 heteroatoms. The first-order valence-electron chi connectivity index (χ1n) is 22.7. The second-order valence-corrected chi connectivity index (χ2v) is 18.9. The first kappa shape index (κ1) is 43.8. The molecule has 1 aliphatic carbocycles. The predicted octanol–water partition coefficient (Wildman–Crippen LogP) is 7.69. The molecule has 65 heavy (non-hydrogen) atoms. The Morgan fingerprint density at radius 3 is 2.05 bits per heavy atom. The molecule has 3 aromatic heterocycles. The number of halogens is 1. The Kier molecular flexibility index (Phi) is 11.8. The highest BCUT2D eigenvalue weighted by atomic mass is 19.1. The Morgan fingerprint density at radius 1 is 0.815 bits per heavy atom. The summed E-state index contributed by atoms with van der Waals surface area (Å²) in [5, 5.41) is 6.41. The molecule has 16 nitrogen and oxygen atoms in total. The van der Waals surface area contributed by atoms with Crippen LogP contribution in [0.1, 0.15) is 90.0 Å². The number of benzene rings is 2.